The van der Waals surface area contributed by atoms with Crippen LogP contribution in [0.25, 0.3) is 0 Å². The lowest BCUT2D eigenvalue weighted by Crippen LogP contribution is -2.14. The van der Waals surface area contributed by atoms with E-state index in [4.69, 9.17) is 5.84 Å². The zero-order chi connectivity index (χ0) is 15.4. The average Bonchev–Trinajstić information content (AvgIpc) is 2.49. The van der Waals surface area contributed by atoms with Gasteiger partial charge in [0.25, 0.3) is 0 Å². The summed E-state index contributed by atoms with van der Waals surface area (Å²) < 4.78 is 0. The number of nitrogens with zero attached hydrogens (tertiary/aromatic N) is 2. The van der Waals surface area contributed by atoms with Crippen LogP contribution in [-0.2, 0) is 6.42 Å². The van der Waals surface area contributed by atoms with Gasteiger partial charge in [0.15, 0.2) is 0 Å². The molecule has 1 aromatic carbocycles. The van der Waals surface area contributed by atoms with E-state index in [9.17, 15) is 0 Å². The molecule has 0 aliphatic heterocycles. The van der Waals surface area contributed by atoms with E-state index in [-0.39, 0.29) is 5.92 Å². The summed E-state index contributed by atoms with van der Waals surface area (Å²) in [5.41, 5.74) is 5.89. The Morgan fingerprint density at radius 3 is 2.43 bits per heavy atom. The Hall–Kier alpha value is -2.14. The molecule has 0 fully saturated rings. The second kappa shape index (κ2) is 6.54. The van der Waals surface area contributed by atoms with E-state index < -0.39 is 0 Å². The fourth-order valence-electron chi connectivity index (χ4n) is 2.13. The molecule has 1 heterocycles. The third-order valence-electron chi connectivity index (χ3n) is 3.47. The number of para-hydroxylation sites is 1. The van der Waals surface area contributed by atoms with Crippen molar-refractivity contribution in [1.29, 1.82) is 0 Å². The number of aromatic nitrogens is 2. The van der Waals surface area contributed by atoms with Gasteiger partial charge in [-0.3, -0.25) is 0 Å². The number of hydrazine groups is 1. The standard InChI is InChI=1S/C16H23N5/c1-5-12-8-6-7-9-13(12)18-15-11(4)16(21-17)20-14(19-15)10(2)3/h6-10H,5,17H2,1-4H3,(H2,18,19,20,21). The first kappa shape index (κ1) is 15.3. The number of nitrogen functional groups attached to an aromatic ring is 1. The van der Waals surface area contributed by atoms with E-state index >= 15 is 0 Å². The molecular weight excluding hydrogens is 262 g/mol. The van der Waals surface area contributed by atoms with Crippen molar-refractivity contribution in [3.63, 3.8) is 0 Å². The third kappa shape index (κ3) is 3.31. The molecule has 21 heavy (non-hydrogen) atoms. The largest absolute Gasteiger partial charge is 0.340 e. The molecular formula is C16H23N5. The molecule has 0 saturated heterocycles. The average molecular weight is 285 g/mol. The summed E-state index contributed by atoms with van der Waals surface area (Å²) in [5, 5.41) is 3.42. The highest BCUT2D eigenvalue weighted by atomic mass is 15.3. The number of rotatable bonds is 5. The Morgan fingerprint density at radius 2 is 1.81 bits per heavy atom. The number of nitrogens with two attached hydrogens (primary N) is 1. The van der Waals surface area contributed by atoms with Gasteiger partial charge in [0.05, 0.1) is 0 Å². The Labute approximate surface area is 126 Å². The van der Waals surface area contributed by atoms with Gasteiger partial charge in [0, 0.05) is 17.2 Å². The van der Waals surface area contributed by atoms with Gasteiger partial charge in [0.2, 0.25) is 0 Å². The fraction of sp³-hybridized carbons (Fsp3) is 0.375. The van der Waals surface area contributed by atoms with Gasteiger partial charge in [-0.05, 0) is 25.0 Å². The number of hydrogen-bond acceptors (Lipinski definition) is 5. The first-order chi connectivity index (χ1) is 10.1. The van der Waals surface area contributed by atoms with Gasteiger partial charge in [-0.25, -0.2) is 15.8 Å². The molecule has 0 unspecified atom stereocenters. The van der Waals surface area contributed by atoms with Crippen molar-refractivity contribution in [2.45, 2.75) is 40.0 Å². The zero-order valence-corrected chi connectivity index (χ0v) is 13.1. The summed E-state index contributed by atoms with van der Waals surface area (Å²) in [6.45, 7) is 8.22. The minimum atomic E-state index is 0.236. The molecule has 0 aliphatic rings. The molecule has 0 aliphatic carbocycles. The smallest absolute Gasteiger partial charge is 0.148 e. The molecule has 112 valence electrons. The normalized spacial score (nSPS) is 10.8. The predicted octanol–water partition coefficient (Wildman–Crippen LogP) is 3.50. The second-order valence-corrected chi connectivity index (χ2v) is 5.34. The second-order valence-electron chi connectivity index (χ2n) is 5.34. The maximum Gasteiger partial charge on any atom is 0.148 e. The lowest BCUT2D eigenvalue weighted by molar-refractivity contribution is 0.774. The van der Waals surface area contributed by atoms with E-state index in [1.807, 2.05) is 19.1 Å². The Kier molecular flexibility index (Phi) is 4.75. The van der Waals surface area contributed by atoms with Crippen molar-refractivity contribution in [2.75, 3.05) is 10.7 Å². The van der Waals surface area contributed by atoms with E-state index in [0.717, 1.165) is 29.3 Å². The van der Waals surface area contributed by atoms with Gasteiger partial charge in [-0.2, -0.15) is 0 Å². The highest BCUT2D eigenvalue weighted by Crippen LogP contribution is 2.27. The van der Waals surface area contributed by atoms with Crippen LogP contribution in [0.3, 0.4) is 0 Å². The Morgan fingerprint density at radius 1 is 1.14 bits per heavy atom. The van der Waals surface area contributed by atoms with Crippen LogP contribution in [0.15, 0.2) is 24.3 Å². The number of nitrogens with one attached hydrogen (secondary N) is 2. The van der Waals surface area contributed by atoms with Crippen LogP contribution in [0.1, 0.15) is 43.6 Å². The van der Waals surface area contributed by atoms with Crippen molar-refractivity contribution in [2.24, 2.45) is 5.84 Å². The van der Waals surface area contributed by atoms with E-state index in [2.05, 4.69) is 53.6 Å². The van der Waals surface area contributed by atoms with Gasteiger partial charge in [0.1, 0.15) is 17.5 Å². The topological polar surface area (TPSA) is 75.9 Å². The summed E-state index contributed by atoms with van der Waals surface area (Å²) in [5.74, 6) is 8.03. The minimum absolute atomic E-state index is 0.236. The summed E-state index contributed by atoms with van der Waals surface area (Å²) in [6.07, 6.45) is 0.965. The van der Waals surface area contributed by atoms with Crippen LogP contribution in [0.4, 0.5) is 17.3 Å². The first-order valence-corrected chi connectivity index (χ1v) is 7.26. The predicted molar refractivity (Wildman–Crippen MR) is 87.8 cm³/mol. The van der Waals surface area contributed by atoms with Crippen LogP contribution >= 0.6 is 0 Å². The monoisotopic (exact) mass is 285 g/mol. The Balaban J connectivity index is 2.45. The molecule has 2 aromatic rings. The highest BCUT2D eigenvalue weighted by Gasteiger charge is 2.13. The Bertz CT molecular complexity index is 622. The number of aryl methyl sites for hydroxylation is 1. The molecule has 2 rings (SSSR count). The van der Waals surface area contributed by atoms with Crippen molar-refractivity contribution < 1.29 is 0 Å². The molecule has 5 heteroatoms. The van der Waals surface area contributed by atoms with Crippen LogP contribution in [0, 0.1) is 6.92 Å². The van der Waals surface area contributed by atoms with Crippen LogP contribution < -0.4 is 16.6 Å². The molecule has 0 atom stereocenters. The van der Waals surface area contributed by atoms with Crippen molar-refractivity contribution in [3.8, 4) is 0 Å². The maximum atomic E-state index is 5.57. The van der Waals surface area contributed by atoms with Crippen LogP contribution in [0.2, 0.25) is 0 Å². The summed E-state index contributed by atoms with van der Waals surface area (Å²) >= 11 is 0. The van der Waals surface area contributed by atoms with Gasteiger partial charge >= 0.3 is 0 Å². The quantitative estimate of drug-likeness (QED) is 0.579. The molecule has 0 saturated carbocycles. The molecule has 0 bridgehead atoms. The van der Waals surface area contributed by atoms with E-state index in [1.54, 1.807) is 0 Å². The van der Waals surface area contributed by atoms with Crippen molar-refractivity contribution >= 4 is 17.3 Å². The summed E-state index contributed by atoms with van der Waals surface area (Å²) in [6, 6.07) is 8.24. The lowest BCUT2D eigenvalue weighted by Gasteiger charge is -2.16. The van der Waals surface area contributed by atoms with Crippen molar-refractivity contribution in [3.05, 3.63) is 41.2 Å². The number of benzene rings is 1. The van der Waals surface area contributed by atoms with Crippen LogP contribution in [0.5, 0.6) is 0 Å². The molecule has 4 N–H and O–H groups in total. The number of anilines is 3. The van der Waals surface area contributed by atoms with Gasteiger partial charge < -0.3 is 10.7 Å². The third-order valence-corrected chi connectivity index (χ3v) is 3.47. The number of hydrogen-bond donors (Lipinski definition) is 3. The molecule has 0 spiro atoms. The first-order valence-electron chi connectivity index (χ1n) is 7.26. The SMILES string of the molecule is CCc1ccccc1Nc1nc(C(C)C)nc(NN)c1C. The molecule has 0 radical (unpaired) electrons. The minimum Gasteiger partial charge on any atom is -0.340 e. The summed E-state index contributed by atoms with van der Waals surface area (Å²) in [7, 11) is 0. The molecule has 0 amide bonds. The van der Waals surface area contributed by atoms with E-state index in [0.29, 0.717) is 5.82 Å². The highest BCUT2D eigenvalue weighted by molar-refractivity contribution is 5.66. The van der Waals surface area contributed by atoms with Gasteiger partial charge in [-0.15, -0.1) is 0 Å². The zero-order valence-electron chi connectivity index (χ0n) is 13.1. The molecule has 1 aromatic heterocycles. The summed E-state index contributed by atoms with van der Waals surface area (Å²) in [4.78, 5) is 9.08. The van der Waals surface area contributed by atoms with Crippen LogP contribution in [-0.4, -0.2) is 9.97 Å². The van der Waals surface area contributed by atoms with E-state index in [1.165, 1.54) is 5.56 Å². The lowest BCUT2D eigenvalue weighted by atomic mass is 10.1. The van der Waals surface area contributed by atoms with Crippen molar-refractivity contribution in [1.82, 2.24) is 9.97 Å². The fourth-order valence-corrected chi connectivity index (χ4v) is 2.13. The van der Waals surface area contributed by atoms with Gasteiger partial charge in [-0.1, -0.05) is 39.0 Å². The molecule has 5 nitrogen and oxygen atoms in total. The maximum absolute atomic E-state index is 5.57.